The minimum absolute atomic E-state index is 0.263. The zero-order valence-corrected chi connectivity index (χ0v) is 16.3. The van der Waals surface area contributed by atoms with E-state index in [4.69, 9.17) is 9.47 Å². The molecule has 1 aromatic carbocycles. The van der Waals surface area contributed by atoms with Crippen molar-refractivity contribution in [2.24, 2.45) is 0 Å². The maximum Gasteiger partial charge on any atom is 0.357 e. The van der Waals surface area contributed by atoms with Crippen molar-refractivity contribution in [3.05, 3.63) is 61.0 Å². The molecule has 3 rings (SSSR count). The van der Waals surface area contributed by atoms with E-state index in [1.807, 2.05) is 18.2 Å². The molecule has 0 fully saturated rings. The molecule has 0 radical (unpaired) electrons. The van der Waals surface area contributed by atoms with Crippen LogP contribution in [0.3, 0.4) is 0 Å². The second-order valence-corrected chi connectivity index (χ2v) is 6.36. The predicted octanol–water partition coefficient (Wildman–Crippen LogP) is 4.22. The number of benzene rings is 1. The van der Waals surface area contributed by atoms with E-state index in [0.717, 1.165) is 33.1 Å². The summed E-state index contributed by atoms with van der Waals surface area (Å²) in [5.74, 6) is -0.443. The summed E-state index contributed by atoms with van der Waals surface area (Å²) in [6.07, 6.45) is 5.40. The Hall–Kier alpha value is -3.12. The molecule has 0 amide bonds. The number of H-pyrrole nitrogens is 1. The number of aromatic amines is 1. The Balaban J connectivity index is 2.24. The fourth-order valence-electron chi connectivity index (χ4n) is 3.40. The third-order valence-electron chi connectivity index (χ3n) is 4.54. The zero-order valence-electron chi connectivity index (χ0n) is 16.3. The van der Waals surface area contributed by atoms with Crippen molar-refractivity contribution in [1.82, 2.24) is 9.97 Å². The van der Waals surface area contributed by atoms with Crippen LogP contribution >= 0.6 is 0 Å². The lowest BCUT2D eigenvalue weighted by Crippen LogP contribution is -2.22. The lowest BCUT2D eigenvalue weighted by molar-refractivity contribution is 0.0514. The Bertz CT molecular complexity index is 1010. The summed E-state index contributed by atoms with van der Waals surface area (Å²) in [6, 6.07) is 6.19. The zero-order chi connectivity index (χ0) is 20.1. The number of nitrogens with zero attached hydrogens (tertiary/aromatic N) is 2. The van der Waals surface area contributed by atoms with Crippen molar-refractivity contribution in [2.45, 2.75) is 13.5 Å². The van der Waals surface area contributed by atoms with Crippen LogP contribution in [0.2, 0.25) is 0 Å². The van der Waals surface area contributed by atoms with Crippen LogP contribution in [0.1, 0.15) is 23.0 Å². The van der Waals surface area contributed by atoms with Crippen LogP contribution in [0.4, 0.5) is 5.69 Å². The number of aromatic nitrogens is 2. The van der Waals surface area contributed by atoms with Crippen LogP contribution in [0.5, 0.6) is 0 Å². The van der Waals surface area contributed by atoms with Crippen LogP contribution in [0.25, 0.3) is 21.8 Å². The molecule has 6 nitrogen and oxygen atoms in total. The molecule has 0 bridgehead atoms. The Labute approximate surface area is 164 Å². The van der Waals surface area contributed by atoms with Crippen LogP contribution in [0.15, 0.2) is 49.7 Å². The second-order valence-electron chi connectivity index (χ2n) is 6.36. The molecule has 3 aromatic rings. The molecule has 0 atom stereocenters. The van der Waals surface area contributed by atoms with E-state index in [-0.39, 0.29) is 12.3 Å². The molecule has 0 aliphatic carbocycles. The average molecular weight is 379 g/mol. The molecule has 0 saturated carbocycles. The Morgan fingerprint density at radius 2 is 2.00 bits per heavy atom. The minimum Gasteiger partial charge on any atom is -0.461 e. The SMILES string of the molecule is C=CCN(CC=C)c1ccc2[nH]c3cnc(C(=O)OCC)c(COC)c3c2c1. The molecule has 28 heavy (non-hydrogen) atoms. The standard InChI is InChI=1S/C22H25N3O3/c1-5-10-25(11-6-2)15-8-9-18-16(12-15)20-17(14-27-4)21(22(26)28-7-3)23-13-19(20)24-18/h5-6,8-9,12-13,24H,1-2,7,10-11,14H2,3-4H3. The minimum atomic E-state index is -0.443. The van der Waals surface area contributed by atoms with Gasteiger partial charge in [-0.15, -0.1) is 13.2 Å². The van der Waals surface area contributed by atoms with E-state index in [1.54, 1.807) is 20.2 Å². The molecule has 6 heteroatoms. The molecule has 2 heterocycles. The van der Waals surface area contributed by atoms with E-state index in [9.17, 15) is 4.79 Å². The van der Waals surface area contributed by atoms with Gasteiger partial charge in [0, 0.05) is 47.7 Å². The number of anilines is 1. The van der Waals surface area contributed by atoms with Gasteiger partial charge >= 0.3 is 5.97 Å². The van der Waals surface area contributed by atoms with Gasteiger partial charge in [-0.25, -0.2) is 9.78 Å². The van der Waals surface area contributed by atoms with Gasteiger partial charge in [0.2, 0.25) is 0 Å². The van der Waals surface area contributed by atoms with Gasteiger partial charge in [-0.05, 0) is 25.1 Å². The fraction of sp³-hybridized carbons (Fsp3) is 0.273. The number of hydrogen-bond donors (Lipinski definition) is 1. The number of methoxy groups -OCH3 is 1. The van der Waals surface area contributed by atoms with Gasteiger partial charge in [0.25, 0.3) is 0 Å². The Morgan fingerprint density at radius 3 is 2.64 bits per heavy atom. The fourth-order valence-corrected chi connectivity index (χ4v) is 3.40. The number of rotatable bonds is 9. The van der Waals surface area contributed by atoms with Gasteiger partial charge in [-0.3, -0.25) is 0 Å². The summed E-state index contributed by atoms with van der Waals surface area (Å²) < 4.78 is 10.6. The van der Waals surface area contributed by atoms with Crippen molar-refractivity contribution in [3.63, 3.8) is 0 Å². The third-order valence-corrected chi connectivity index (χ3v) is 4.54. The van der Waals surface area contributed by atoms with Crippen LogP contribution in [-0.4, -0.2) is 42.7 Å². The summed E-state index contributed by atoms with van der Waals surface area (Å²) in [4.78, 5) is 22.3. The van der Waals surface area contributed by atoms with Crippen molar-refractivity contribution in [1.29, 1.82) is 0 Å². The number of nitrogens with one attached hydrogen (secondary N) is 1. The van der Waals surface area contributed by atoms with E-state index >= 15 is 0 Å². The maximum atomic E-state index is 12.4. The van der Waals surface area contributed by atoms with Crippen molar-refractivity contribution in [2.75, 3.05) is 31.7 Å². The third kappa shape index (κ3) is 3.64. The highest BCUT2D eigenvalue weighted by molar-refractivity contribution is 6.11. The van der Waals surface area contributed by atoms with Gasteiger partial charge < -0.3 is 19.4 Å². The lowest BCUT2D eigenvalue weighted by atomic mass is 10.0. The number of hydrogen-bond acceptors (Lipinski definition) is 5. The number of carbonyl (C=O) groups is 1. The quantitative estimate of drug-likeness (QED) is 0.445. The molecule has 0 aliphatic heterocycles. The largest absolute Gasteiger partial charge is 0.461 e. The molecule has 0 spiro atoms. The van der Waals surface area contributed by atoms with Gasteiger partial charge in [0.1, 0.15) is 0 Å². The first-order valence-corrected chi connectivity index (χ1v) is 9.20. The lowest BCUT2D eigenvalue weighted by Gasteiger charge is -2.21. The molecular weight excluding hydrogens is 354 g/mol. The number of fused-ring (bicyclic) bond motifs is 3. The van der Waals surface area contributed by atoms with Crippen LogP contribution < -0.4 is 4.90 Å². The summed E-state index contributed by atoms with van der Waals surface area (Å²) in [7, 11) is 1.60. The molecule has 1 N–H and O–H groups in total. The number of pyridine rings is 1. The van der Waals surface area contributed by atoms with Crippen molar-refractivity contribution in [3.8, 4) is 0 Å². The summed E-state index contributed by atoms with van der Waals surface area (Å²) in [5, 5.41) is 1.93. The number of ether oxygens (including phenoxy) is 2. The van der Waals surface area contributed by atoms with E-state index in [2.05, 4.69) is 40.2 Å². The van der Waals surface area contributed by atoms with E-state index in [0.29, 0.717) is 19.7 Å². The predicted molar refractivity (Wildman–Crippen MR) is 113 cm³/mol. The molecule has 146 valence electrons. The van der Waals surface area contributed by atoms with Crippen molar-refractivity contribution >= 4 is 33.5 Å². The van der Waals surface area contributed by atoms with Gasteiger partial charge in [0.15, 0.2) is 5.69 Å². The average Bonchev–Trinajstić information content (AvgIpc) is 3.06. The number of esters is 1. The van der Waals surface area contributed by atoms with Gasteiger partial charge in [0.05, 0.1) is 24.9 Å². The number of carbonyl (C=O) groups excluding carboxylic acids is 1. The molecule has 0 aliphatic rings. The highest BCUT2D eigenvalue weighted by Crippen LogP contribution is 2.33. The van der Waals surface area contributed by atoms with Gasteiger partial charge in [-0.1, -0.05) is 12.2 Å². The highest BCUT2D eigenvalue weighted by atomic mass is 16.5. The van der Waals surface area contributed by atoms with Crippen LogP contribution in [0, 0.1) is 0 Å². The van der Waals surface area contributed by atoms with E-state index < -0.39 is 5.97 Å². The first-order chi connectivity index (χ1) is 13.6. The Morgan fingerprint density at radius 1 is 1.25 bits per heavy atom. The second kappa shape index (κ2) is 8.71. The summed E-state index contributed by atoms with van der Waals surface area (Å²) in [5.41, 5.74) is 3.88. The molecule has 2 aromatic heterocycles. The maximum absolute atomic E-state index is 12.4. The topological polar surface area (TPSA) is 67.5 Å². The first-order valence-electron chi connectivity index (χ1n) is 9.20. The molecule has 0 saturated heterocycles. The summed E-state index contributed by atoms with van der Waals surface area (Å²) >= 11 is 0. The smallest absolute Gasteiger partial charge is 0.357 e. The van der Waals surface area contributed by atoms with Crippen molar-refractivity contribution < 1.29 is 14.3 Å². The molecular formula is C22H25N3O3. The molecule has 0 unspecified atom stereocenters. The van der Waals surface area contributed by atoms with Gasteiger partial charge in [-0.2, -0.15) is 0 Å². The van der Waals surface area contributed by atoms with E-state index in [1.165, 1.54) is 0 Å². The monoisotopic (exact) mass is 379 g/mol. The normalized spacial score (nSPS) is 10.9. The Kier molecular flexibility index (Phi) is 6.11. The summed E-state index contributed by atoms with van der Waals surface area (Å²) in [6.45, 7) is 11.4. The van der Waals surface area contributed by atoms with Crippen LogP contribution in [-0.2, 0) is 16.1 Å². The first kappa shape index (κ1) is 19.6. The highest BCUT2D eigenvalue weighted by Gasteiger charge is 2.20.